The summed E-state index contributed by atoms with van der Waals surface area (Å²) in [7, 11) is 3.04. The van der Waals surface area contributed by atoms with Gasteiger partial charge in [-0.05, 0) is 26.0 Å². The number of carbonyl (C=O) groups excluding carboxylic acids is 2. The topological polar surface area (TPSA) is 85.1 Å². The van der Waals surface area contributed by atoms with Gasteiger partial charge < -0.3 is 23.8 Å². The fourth-order valence-electron chi connectivity index (χ4n) is 3.28. The Balaban J connectivity index is 1.73. The third kappa shape index (κ3) is 3.47. The largest absolute Gasteiger partial charge is 0.496 e. The number of aryl methyl sites for hydroxylation is 2. The maximum atomic E-state index is 13.0. The zero-order valence-electron chi connectivity index (χ0n) is 15.9. The van der Waals surface area contributed by atoms with Crippen LogP contribution in [0.3, 0.4) is 0 Å². The van der Waals surface area contributed by atoms with Crippen molar-refractivity contribution in [2.45, 2.75) is 13.8 Å². The molecule has 0 atom stereocenters. The second-order valence-electron chi connectivity index (χ2n) is 6.32. The van der Waals surface area contributed by atoms with Crippen molar-refractivity contribution in [2.75, 3.05) is 40.4 Å². The van der Waals surface area contributed by atoms with Gasteiger partial charge in [0.25, 0.3) is 11.8 Å². The highest BCUT2D eigenvalue weighted by molar-refractivity contribution is 6.00. The molecular formula is C19H23N3O5. The predicted octanol–water partition coefficient (Wildman–Crippen LogP) is 1.91. The van der Waals surface area contributed by atoms with Crippen LogP contribution >= 0.6 is 0 Å². The standard InChI is InChI=1S/C19H23N3O5/c1-12-16(13(2)27-20-12)18(23)21-8-10-22(11-9-21)19(24)17-14(25-3)6-5-7-15(17)26-4/h5-7H,8-11H2,1-4H3. The monoisotopic (exact) mass is 373 g/mol. The summed E-state index contributed by atoms with van der Waals surface area (Å²) in [6.45, 7) is 5.20. The molecule has 2 amide bonds. The molecule has 0 spiro atoms. The van der Waals surface area contributed by atoms with Crippen molar-refractivity contribution in [3.63, 3.8) is 0 Å². The minimum Gasteiger partial charge on any atom is -0.496 e. The smallest absolute Gasteiger partial charge is 0.261 e. The van der Waals surface area contributed by atoms with Crippen LogP contribution in [0.2, 0.25) is 0 Å². The van der Waals surface area contributed by atoms with Crippen molar-refractivity contribution in [1.82, 2.24) is 15.0 Å². The molecule has 1 aliphatic rings. The lowest BCUT2D eigenvalue weighted by molar-refractivity contribution is 0.0530. The molecule has 1 saturated heterocycles. The summed E-state index contributed by atoms with van der Waals surface area (Å²) in [4.78, 5) is 29.2. The SMILES string of the molecule is COc1cccc(OC)c1C(=O)N1CCN(C(=O)c2c(C)noc2C)CC1. The molecule has 144 valence electrons. The van der Waals surface area contributed by atoms with Crippen LogP contribution in [0.25, 0.3) is 0 Å². The van der Waals surface area contributed by atoms with E-state index in [1.807, 2.05) is 0 Å². The Morgan fingerprint density at radius 2 is 1.41 bits per heavy atom. The molecule has 2 heterocycles. The second-order valence-corrected chi connectivity index (χ2v) is 6.32. The first kappa shape index (κ1) is 18.8. The second kappa shape index (κ2) is 7.69. The fourth-order valence-corrected chi connectivity index (χ4v) is 3.28. The number of hydrogen-bond acceptors (Lipinski definition) is 6. The van der Waals surface area contributed by atoms with Crippen LogP contribution in [0.1, 0.15) is 32.2 Å². The first-order valence-corrected chi connectivity index (χ1v) is 8.70. The Bertz CT molecular complexity index is 811. The van der Waals surface area contributed by atoms with Crippen LogP contribution in [0.5, 0.6) is 11.5 Å². The van der Waals surface area contributed by atoms with Gasteiger partial charge >= 0.3 is 0 Å². The van der Waals surface area contributed by atoms with Gasteiger partial charge in [0.05, 0.1) is 19.9 Å². The number of benzene rings is 1. The van der Waals surface area contributed by atoms with Crippen molar-refractivity contribution in [2.24, 2.45) is 0 Å². The highest BCUT2D eigenvalue weighted by atomic mass is 16.5. The molecule has 27 heavy (non-hydrogen) atoms. The highest BCUT2D eigenvalue weighted by Gasteiger charge is 2.30. The summed E-state index contributed by atoms with van der Waals surface area (Å²) in [5.41, 5.74) is 1.48. The molecule has 1 aromatic heterocycles. The number of aromatic nitrogens is 1. The summed E-state index contributed by atoms with van der Waals surface area (Å²) in [5.74, 6) is 1.15. The molecule has 1 aromatic carbocycles. The Morgan fingerprint density at radius 3 is 1.81 bits per heavy atom. The third-order valence-corrected chi connectivity index (χ3v) is 4.74. The van der Waals surface area contributed by atoms with Gasteiger partial charge in [-0.1, -0.05) is 11.2 Å². The van der Waals surface area contributed by atoms with E-state index < -0.39 is 0 Å². The van der Waals surface area contributed by atoms with Gasteiger partial charge in [0.15, 0.2) is 0 Å². The van der Waals surface area contributed by atoms with Crippen LogP contribution in [0, 0.1) is 13.8 Å². The molecule has 3 rings (SSSR count). The van der Waals surface area contributed by atoms with Crippen LogP contribution in [-0.2, 0) is 0 Å². The first-order chi connectivity index (χ1) is 13.0. The Hall–Kier alpha value is -3.03. The van der Waals surface area contributed by atoms with Crippen LogP contribution < -0.4 is 9.47 Å². The quantitative estimate of drug-likeness (QED) is 0.814. The van der Waals surface area contributed by atoms with Crippen molar-refractivity contribution in [3.8, 4) is 11.5 Å². The van der Waals surface area contributed by atoms with E-state index in [0.717, 1.165) is 0 Å². The molecule has 1 fully saturated rings. The van der Waals surface area contributed by atoms with Gasteiger partial charge in [-0.25, -0.2) is 0 Å². The summed E-state index contributed by atoms with van der Waals surface area (Å²) in [6.07, 6.45) is 0. The van der Waals surface area contributed by atoms with E-state index in [-0.39, 0.29) is 11.8 Å². The summed E-state index contributed by atoms with van der Waals surface area (Å²) in [6, 6.07) is 5.23. The number of piperazine rings is 1. The van der Waals surface area contributed by atoms with Gasteiger partial charge in [-0.3, -0.25) is 9.59 Å². The molecule has 0 N–H and O–H groups in total. The lowest BCUT2D eigenvalue weighted by Crippen LogP contribution is -2.50. The van der Waals surface area contributed by atoms with E-state index in [0.29, 0.717) is 60.3 Å². The molecule has 0 bridgehead atoms. The van der Waals surface area contributed by atoms with Gasteiger partial charge in [-0.2, -0.15) is 0 Å². The maximum Gasteiger partial charge on any atom is 0.261 e. The summed E-state index contributed by atoms with van der Waals surface area (Å²) in [5, 5.41) is 3.84. The van der Waals surface area contributed by atoms with Gasteiger partial charge in [0.2, 0.25) is 0 Å². The van der Waals surface area contributed by atoms with E-state index in [1.54, 1.807) is 41.8 Å². The Kier molecular flexibility index (Phi) is 5.34. The van der Waals surface area contributed by atoms with Crippen LogP contribution in [0.15, 0.2) is 22.7 Å². The van der Waals surface area contributed by atoms with E-state index in [4.69, 9.17) is 14.0 Å². The Morgan fingerprint density at radius 1 is 0.926 bits per heavy atom. The van der Waals surface area contributed by atoms with Crippen molar-refractivity contribution >= 4 is 11.8 Å². The number of nitrogens with zero attached hydrogens (tertiary/aromatic N) is 3. The highest BCUT2D eigenvalue weighted by Crippen LogP contribution is 2.30. The normalized spacial score (nSPS) is 14.2. The van der Waals surface area contributed by atoms with E-state index >= 15 is 0 Å². The number of carbonyl (C=O) groups is 2. The van der Waals surface area contributed by atoms with Crippen LogP contribution in [0.4, 0.5) is 0 Å². The Labute approximate surface area is 157 Å². The molecule has 0 saturated carbocycles. The number of hydrogen-bond donors (Lipinski definition) is 0. The number of methoxy groups -OCH3 is 2. The lowest BCUT2D eigenvalue weighted by atomic mass is 10.1. The molecule has 0 unspecified atom stereocenters. The first-order valence-electron chi connectivity index (χ1n) is 8.70. The molecular weight excluding hydrogens is 350 g/mol. The molecule has 0 aliphatic carbocycles. The van der Waals surface area contributed by atoms with Gasteiger partial charge in [0.1, 0.15) is 28.4 Å². The molecule has 8 nitrogen and oxygen atoms in total. The van der Waals surface area contributed by atoms with Crippen LogP contribution in [-0.4, -0.2) is 67.2 Å². The zero-order chi connectivity index (χ0) is 19.6. The predicted molar refractivity (Wildman–Crippen MR) is 97.3 cm³/mol. The number of ether oxygens (including phenoxy) is 2. The molecule has 2 aromatic rings. The van der Waals surface area contributed by atoms with E-state index in [9.17, 15) is 9.59 Å². The van der Waals surface area contributed by atoms with Gasteiger partial charge in [-0.15, -0.1) is 0 Å². The van der Waals surface area contributed by atoms with Crippen molar-refractivity contribution in [3.05, 3.63) is 40.8 Å². The minimum absolute atomic E-state index is 0.117. The molecule has 1 aliphatic heterocycles. The summed E-state index contributed by atoms with van der Waals surface area (Å²) < 4.78 is 15.7. The van der Waals surface area contributed by atoms with Gasteiger partial charge in [0, 0.05) is 26.2 Å². The fraction of sp³-hybridized carbons (Fsp3) is 0.421. The number of amides is 2. The zero-order valence-corrected chi connectivity index (χ0v) is 15.9. The third-order valence-electron chi connectivity index (χ3n) is 4.74. The average Bonchev–Trinajstić information content (AvgIpc) is 3.04. The van der Waals surface area contributed by atoms with E-state index in [2.05, 4.69) is 5.16 Å². The summed E-state index contributed by atoms with van der Waals surface area (Å²) >= 11 is 0. The average molecular weight is 373 g/mol. The van der Waals surface area contributed by atoms with Crippen molar-refractivity contribution in [1.29, 1.82) is 0 Å². The molecule has 8 heteroatoms. The maximum absolute atomic E-state index is 13.0. The minimum atomic E-state index is -0.172. The number of rotatable bonds is 4. The van der Waals surface area contributed by atoms with E-state index in [1.165, 1.54) is 14.2 Å². The van der Waals surface area contributed by atoms with Crippen molar-refractivity contribution < 1.29 is 23.6 Å². The lowest BCUT2D eigenvalue weighted by Gasteiger charge is -2.35. The molecule has 0 radical (unpaired) electrons.